The smallest absolute Gasteiger partial charge is 0.244 e. The third-order valence-corrected chi connectivity index (χ3v) is 2.68. The van der Waals surface area contributed by atoms with Crippen LogP contribution in [0.1, 0.15) is 23.2 Å². The number of nitrogens with zero attached hydrogens (tertiary/aromatic N) is 3. The molecular formula is C12H21N5O. The zero-order valence-electron chi connectivity index (χ0n) is 11.4. The van der Waals surface area contributed by atoms with E-state index < -0.39 is 0 Å². The van der Waals surface area contributed by atoms with Gasteiger partial charge in [0, 0.05) is 6.54 Å². The second kappa shape index (κ2) is 6.30. The van der Waals surface area contributed by atoms with Crippen LogP contribution >= 0.6 is 0 Å². The minimum atomic E-state index is -0.0342. The average molecular weight is 251 g/mol. The predicted molar refractivity (Wildman–Crippen MR) is 71.2 cm³/mol. The quantitative estimate of drug-likeness (QED) is 0.441. The number of ether oxygens (including phenoxy) is 1. The Morgan fingerprint density at radius 1 is 1.33 bits per heavy atom. The summed E-state index contributed by atoms with van der Waals surface area (Å²) in [5.41, 5.74) is 7.72. The van der Waals surface area contributed by atoms with Gasteiger partial charge in [0.05, 0.1) is 17.9 Å². The number of hydrogen-bond acceptors (Lipinski definition) is 5. The lowest BCUT2D eigenvalue weighted by molar-refractivity contribution is 0.270. The molecule has 0 radical (unpaired) electrons. The highest BCUT2D eigenvalue weighted by atomic mass is 16.5. The maximum atomic E-state index is 7.58. The van der Waals surface area contributed by atoms with Crippen molar-refractivity contribution >= 4 is 5.84 Å². The molecule has 1 heterocycles. The molecule has 18 heavy (non-hydrogen) atoms. The predicted octanol–water partition coefficient (Wildman–Crippen LogP) is 0.708. The van der Waals surface area contributed by atoms with Crippen LogP contribution in [-0.4, -0.2) is 48.2 Å². The van der Waals surface area contributed by atoms with Crippen molar-refractivity contribution in [2.24, 2.45) is 5.73 Å². The highest BCUT2D eigenvalue weighted by Crippen LogP contribution is 2.19. The van der Waals surface area contributed by atoms with E-state index in [0.29, 0.717) is 18.1 Å². The lowest BCUT2D eigenvalue weighted by atomic mass is 10.1. The minimum Gasteiger partial charge on any atom is -0.476 e. The van der Waals surface area contributed by atoms with Gasteiger partial charge < -0.3 is 15.4 Å². The third-order valence-electron chi connectivity index (χ3n) is 2.68. The SMILES string of the molecule is Cc1nnc(OCCCN(C)C)c(C(=N)N)c1C. The van der Waals surface area contributed by atoms with Crippen LogP contribution in [-0.2, 0) is 0 Å². The molecule has 0 amide bonds. The molecule has 6 nitrogen and oxygen atoms in total. The van der Waals surface area contributed by atoms with Gasteiger partial charge in [-0.2, -0.15) is 5.10 Å². The second-order valence-corrected chi connectivity index (χ2v) is 4.51. The molecule has 0 aliphatic heterocycles. The number of aromatic nitrogens is 2. The first-order chi connectivity index (χ1) is 8.43. The summed E-state index contributed by atoms with van der Waals surface area (Å²) in [6.45, 7) is 5.18. The minimum absolute atomic E-state index is 0.0342. The monoisotopic (exact) mass is 251 g/mol. The van der Waals surface area contributed by atoms with Gasteiger partial charge in [-0.05, 0) is 39.9 Å². The summed E-state index contributed by atoms with van der Waals surface area (Å²) >= 11 is 0. The van der Waals surface area contributed by atoms with E-state index in [1.165, 1.54) is 0 Å². The summed E-state index contributed by atoms with van der Waals surface area (Å²) in [5, 5.41) is 15.6. The number of hydrogen-bond donors (Lipinski definition) is 2. The fraction of sp³-hybridized carbons (Fsp3) is 0.583. The van der Waals surface area contributed by atoms with Crippen LogP contribution in [0.25, 0.3) is 0 Å². The van der Waals surface area contributed by atoms with Crippen LogP contribution < -0.4 is 10.5 Å². The third kappa shape index (κ3) is 3.66. The summed E-state index contributed by atoms with van der Waals surface area (Å²) < 4.78 is 5.56. The van der Waals surface area contributed by atoms with Crippen LogP contribution in [0.4, 0.5) is 0 Å². The number of aryl methyl sites for hydroxylation is 1. The van der Waals surface area contributed by atoms with E-state index in [-0.39, 0.29) is 5.84 Å². The van der Waals surface area contributed by atoms with E-state index in [0.717, 1.165) is 24.2 Å². The van der Waals surface area contributed by atoms with Crippen molar-refractivity contribution in [3.63, 3.8) is 0 Å². The van der Waals surface area contributed by atoms with Crippen molar-refractivity contribution in [2.45, 2.75) is 20.3 Å². The molecule has 0 atom stereocenters. The zero-order chi connectivity index (χ0) is 13.7. The van der Waals surface area contributed by atoms with Gasteiger partial charge >= 0.3 is 0 Å². The van der Waals surface area contributed by atoms with Crippen molar-refractivity contribution in [3.8, 4) is 5.88 Å². The topological polar surface area (TPSA) is 88.1 Å². The van der Waals surface area contributed by atoms with Crippen molar-refractivity contribution in [2.75, 3.05) is 27.2 Å². The van der Waals surface area contributed by atoms with Gasteiger partial charge in [-0.1, -0.05) is 0 Å². The molecule has 6 heteroatoms. The van der Waals surface area contributed by atoms with Crippen LogP contribution in [0, 0.1) is 19.3 Å². The number of nitrogens with one attached hydrogen (secondary N) is 1. The molecule has 0 unspecified atom stereocenters. The highest BCUT2D eigenvalue weighted by Gasteiger charge is 2.14. The molecule has 0 spiro atoms. The number of amidine groups is 1. The maximum Gasteiger partial charge on any atom is 0.244 e. The Bertz CT molecular complexity index is 431. The molecule has 1 rings (SSSR count). The van der Waals surface area contributed by atoms with Gasteiger partial charge in [0.25, 0.3) is 0 Å². The summed E-state index contributed by atoms with van der Waals surface area (Å²) in [4.78, 5) is 2.08. The summed E-state index contributed by atoms with van der Waals surface area (Å²) in [6, 6.07) is 0. The van der Waals surface area contributed by atoms with Gasteiger partial charge in [-0.3, -0.25) is 5.41 Å². The van der Waals surface area contributed by atoms with E-state index >= 15 is 0 Å². The van der Waals surface area contributed by atoms with Crippen LogP contribution in [0.2, 0.25) is 0 Å². The molecule has 0 aliphatic carbocycles. The first-order valence-corrected chi connectivity index (χ1v) is 5.89. The van der Waals surface area contributed by atoms with Crippen molar-refractivity contribution in [1.82, 2.24) is 15.1 Å². The zero-order valence-corrected chi connectivity index (χ0v) is 11.4. The molecule has 1 aromatic rings. The normalized spacial score (nSPS) is 10.7. The Labute approximate surface area is 108 Å². The second-order valence-electron chi connectivity index (χ2n) is 4.51. The Balaban J connectivity index is 2.76. The molecule has 0 aliphatic rings. The van der Waals surface area contributed by atoms with E-state index in [1.807, 2.05) is 27.9 Å². The van der Waals surface area contributed by atoms with E-state index in [1.54, 1.807) is 0 Å². The first-order valence-electron chi connectivity index (χ1n) is 5.89. The molecule has 0 saturated carbocycles. The molecule has 3 N–H and O–H groups in total. The fourth-order valence-electron chi connectivity index (χ4n) is 1.55. The van der Waals surface area contributed by atoms with Gasteiger partial charge in [-0.15, -0.1) is 5.10 Å². The Morgan fingerprint density at radius 2 is 2.00 bits per heavy atom. The lowest BCUT2D eigenvalue weighted by Gasteiger charge is -2.13. The number of nitrogens with two attached hydrogens (primary N) is 1. The van der Waals surface area contributed by atoms with Crippen molar-refractivity contribution in [3.05, 3.63) is 16.8 Å². The van der Waals surface area contributed by atoms with Crippen molar-refractivity contribution in [1.29, 1.82) is 5.41 Å². The molecule has 0 fully saturated rings. The van der Waals surface area contributed by atoms with Crippen LogP contribution in [0.5, 0.6) is 5.88 Å². The highest BCUT2D eigenvalue weighted by molar-refractivity contribution is 5.98. The standard InChI is InChI=1S/C12H21N5O/c1-8-9(2)15-16-12(10(8)11(13)14)18-7-5-6-17(3)4/h5-7H2,1-4H3,(H3,13,14). The number of nitrogen functional groups attached to an aromatic ring is 1. The van der Waals surface area contributed by atoms with Gasteiger partial charge in [0.2, 0.25) is 5.88 Å². The fourth-order valence-corrected chi connectivity index (χ4v) is 1.55. The summed E-state index contributed by atoms with van der Waals surface area (Å²) in [6.07, 6.45) is 0.888. The van der Waals surface area contributed by atoms with E-state index in [2.05, 4.69) is 15.1 Å². The molecule has 0 saturated heterocycles. The van der Waals surface area contributed by atoms with Gasteiger partial charge in [-0.25, -0.2) is 0 Å². The van der Waals surface area contributed by atoms with Crippen LogP contribution in [0.3, 0.4) is 0 Å². The van der Waals surface area contributed by atoms with Gasteiger partial charge in [0.1, 0.15) is 5.84 Å². The number of rotatable bonds is 6. The first kappa shape index (κ1) is 14.4. The maximum absolute atomic E-state index is 7.58. The van der Waals surface area contributed by atoms with Crippen LogP contribution in [0.15, 0.2) is 0 Å². The molecule has 0 bridgehead atoms. The Morgan fingerprint density at radius 3 is 2.56 bits per heavy atom. The summed E-state index contributed by atoms with van der Waals surface area (Å²) in [7, 11) is 4.02. The average Bonchev–Trinajstić information content (AvgIpc) is 2.28. The molecule has 1 aromatic heterocycles. The molecule has 100 valence electrons. The largest absolute Gasteiger partial charge is 0.476 e. The van der Waals surface area contributed by atoms with E-state index in [4.69, 9.17) is 15.9 Å². The molecular weight excluding hydrogens is 230 g/mol. The lowest BCUT2D eigenvalue weighted by Crippen LogP contribution is -2.19. The Hall–Kier alpha value is -1.69. The summed E-state index contributed by atoms with van der Waals surface area (Å²) in [5.74, 6) is 0.317. The van der Waals surface area contributed by atoms with Crippen molar-refractivity contribution < 1.29 is 4.74 Å². The van der Waals surface area contributed by atoms with Gasteiger partial charge in [0.15, 0.2) is 0 Å². The Kier molecular flexibility index (Phi) is 5.03. The van der Waals surface area contributed by atoms with E-state index in [9.17, 15) is 0 Å². The molecule has 0 aromatic carbocycles.